The Balaban J connectivity index is 0. The number of ether oxygens (including phenoxy) is 2. The van der Waals surface area contributed by atoms with Gasteiger partial charge >= 0.3 is 6.03 Å². The molecule has 7 nitrogen and oxygen atoms in total. The van der Waals surface area contributed by atoms with Crippen molar-refractivity contribution in [2.75, 3.05) is 60.0 Å². The second kappa shape index (κ2) is 29.6. The van der Waals surface area contributed by atoms with Crippen LogP contribution >= 0.6 is 0 Å². The van der Waals surface area contributed by atoms with E-state index in [-0.39, 0.29) is 26.9 Å². The summed E-state index contributed by atoms with van der Waals surface area (Å²) in [7, 11) is 3.81. The van der Waals surface area contributed by atoms with E-state index in [1.54, 1.807) is 18.3 Å². The number of benzene rings is 2. The minimum atomic E-state index is 0. The van der Waals surface area contributed by atoms with Crippen molar-refractivity contribution in [2.45, 2.75) is 144 Å². The molecular formula is C51H90N4O3. The van der Waals surface area contributed by atoms with E-state index in [4.69, 9.17) is 4.74 Å². The van der Waals surface area contributed by atoms with E-state index in [1.165, 1.54) is 41.5 Å². The summed E-state index contributed by atoms with van der Waals surface area (Å²) in [6.07, 6.45) is 11.5. The van der Waals surface area contributed by atoms with Gasteiger partial charge in [-0.3, -0.25) is 4.90 Å². The second-order valence-corrected chi connectivity index (χ2v) is 15.9. The molecule has 332 valence electrons. The maximum Gasteiger partial charge on any atom is 0.317 e. The summed E-state index contributed by atoms with van der Waals surface area (Å²) in [5, 5.41) is 5.32. The highest BCUT2D eigenvalue weighted by Gasteiger charge is 2.30. The Morgan fingerprint density at radius 1 is 0.897 bits per heavy atom. The number of fused-ring (bicyclic) bond motifs is 1. The number of allylic oxidation sites excluding steroid dienone is 5. The number of likely N-dealkylation sites (N-methyl/N-ethyl adjacent to an activating group) is 1. The number of piperazine rings is 1. The molecule has 2 heterocycles. The van der Waals surface area contributed by atoms with E-state index < -0.39 is 0 Å². The summed E-state index contributed by atoms with van der Waals surface area (Å²) in [5.41, 5.74) is 7.48. The van der Waals surface area contributed by atoms with Gasteiger partial charge in [0.15, 0.2) is 0 Å². The molecule has 0 spiro atoms. The van der Waals surface area contributed by atoms with Crippen molar-refractivity contribution in [3.05, 3.63) is 88.4 Å². The average Bonchev–Trinajstić information content (AvgIpc) is 3.20. The first kappa shape index (κ1) is 56.5. The number of aryl methyl sites for hydroxylation is 1. The number of urea groups is 1. The predicted molar refractivity (Wildman–Crippen MR) is 257 cm³/mol. The lowest BCUT2D eigenvalue weighted by atomic mass is 9.75. The first-order chi connectivity index (χ1) is 26.6. The third-order valence-corrected chi connectivity index (χ3v) is 10.7. The average molecular weight is 807 g/mol. The summed E-state index contributed by atoms with van der Waals surface area (Å²) >= 11 is 0. The molecule has 3 aliphatic rings. The largest absolute Gasteiger partial charge is 0.457 e. The molecule has 1 fully saturated rings. The van der Waals surface area contributed by atoms with E-state index >= 15 is 0 Å². The van der Waals surface area contributed by atoms with E-state index in [0.29, 0.717) is 12.0 Å². The van der Waals surface area contributed by atoms with Crippen molar-refractivity contribution in [3.8, 4) is 5.75 Å². The minimum absolute atomic E-state index is 0. The topological polar surface area (TPSA) is 57.3 Å². The number of unbranched alkanes of at least 4 members (excludes halogenated alkanes) is 1. The highest BCUT2D eigenvalue weighted by molar-refractivity contribution is 5.91. The number of rotatable bonds is 8. The Morgan fingerprint density at radius 3 is 2.02 bits per heavy atom. The molecule has 2 aliphatic heterocycles. The van der Waals surface area contributed by atoms with Crippen LogP contribution in [0.5, 0.6) is 5.75 Å². The molecule has 2 aromatic carbocycles. The van der Waals surface area contributed by atoms with Crippen LogP contribution in [0.4, 0.5) is 4.79 Å². The van der Waals surface area contributed by atoms with Crippen molar-refractivity contribution >= 4 is 16.8 Å². The molecule has 0 bridgehead atoms. The van der Waals surface area contributed by atoms with Crippen LogP contribution in [0, 0.1) is 18.3 Å². The lowest BCUT2D eigenvalue weighted by Crippen LogP contribution is -2.57. The van der Waals surface area contributed by atoms with Crippen molar-refractivity contribution < 1.29 is 14.3 Å². The number of carbonyl (C=O) groups is 1. The molecule has 1 N–H and O–H groups in total. The zero-order chi connectivity index (χ0) is 42.4. The van der Waals surface area contributed by atoms with Gasteiger partial charge in [0.25, 0.3) is 0 Å². The fraction of sp³-hybridized carbons (Fsp3) is 0.627. The predicted octanol–water partition coefficient (Wildman–Crippen LogP) is 13.5. The maximum atomic E-state index is 12.4. The highest BCUT2D eigenvalue weighted by atomic mass is 16.5. The molecule has 7 heteroatoms. The van der Waals surface area contributed by atoms with Gasteiger partial charge in [-0.15, -0.1) is 0 Å². The molecule has 5 rings (SSSR count). The smallest absolute Gasteiger partial charge is 0.317 e. The molecule has 58 heavy (non-hydrogen) atoms. The van der Waals surface area contributed by atoms with Crippen molar-refractivity contribution in [3.63, 3.8) is 0 Å². The van der Waals surface area contributed by atoms with Gasteiger partial charge in [-0.2, -0.15) is 0 Å². The molecule has 1 aliphatic carbocycles. The molecular weight excluding hydrogens is 717 g/mol. The number of amides is 2. The first-order valence-corrected chi connectivity index (χ1v) is 21.6. The van der Waals surface area contributed by atoms with Crippen LogP contribution in [0.2, 0.25) is 0 Å². The van der Waals surface area contributed by atoms with Gasteiger partial charge < -0.3 is 24.6 Å². The second-order valence-electron chi connectivity index (χ2n) is 15.9. The Morgan fingerprint density at radius 2 is 1.50 bits per heavy atom. The summed E-state index contributed by atoms with van der Waals surface area (Å²) in [6.45, 7) is 36.0. The maximum absolute atomic E-state index is 12.4. The first-order valence-electron chi connectivity index (χ1n) is 21.6. The number of hydrogen-bond acceptors (Lipinski definition) is 5. The van der Waals surface area contributed by atoms with E-state index in [9.17, 15) is 4.79 Å². The highest BCUT2D eigenvalue weighted by Crippen LogP contribution is 2.38. The van der Waals surface area contributed by atoms with Crippen LogP contribution in [-0.2, 0) is 4.74 Å². The SMILES string of the molecule is C.C.CC.CC1=C(C)C(C)CC(C(C)(C)C)=C1.CCCC.CCNC(=O)N1CCN(CC2=CC(Oc3ccc(C)c4ccccc34)=CCN2C)CC1CC.CCOC. The summed E-state index contributed by atoms with van der Waals surface area (Å²) in [5.74, 6) is 2.52. The number of hydrogen-bond donors (Lipinski definition) is 1. The van der Waals surface area contributed by atoms with Gasteiger partial charge in [0.2, 0.25) is 0 Å². The van der Waals surface area contributed by atoms with Gasteiger partial charge in [0.05, 0.1) is 0 Å². The Labute approximate surface area is 359 Å². The number of methoxy groups -OCH3 is 1. The molecule has 0 aromatic heterocycles. The van der Waals surface area contributed by atoms with Crippen LogP contribution in [0.1, 0.15) is 136 Å². The van der Waals surface area contributed by atoms with E-state index in [2.05, 4.69) is 151 Å². The summed E-state index contributed by atoms with van der Waals surface area (Å²) < 4.78 is 10.9. The van der Waals surface area contributed by atoms with Gasteiger partial charge in [-0.25, -0.2) is 4.79 Å². The van der Waals surface area contributed by atoms with Crippen molar-refractivity contribution in [1.82, 2.24) is 20.0 Å². The van der Waals surface area contributed by atoms with E-state index in [1.807, 2.05) is 32.6 Å². The van der Waals surface area contributed by atoms with Gasteiger partial charge in [0, 0.05) is 83.2 Å². The van der Waals surface area contributed by atoms with Gasteiger partial charge in [0.1, 0.15) is 11.5 Å². The molecule has 2 unspecified atom stereocenters. The third-order valence-electron chi connectivity index (χ3n) is 10.7. The molecule has 0 radical (unpaired) electrons. The van der Waals surface area contributed by atoms with Crippen LogP contribution < -0.4 is 10.1 Å². The fourth-order valence-corrected chi connectivity index (χ4v) is 6.54. The Kier molecular flexibility index (Phi) is 28.9. The molecule has 2 aromatic rings. The van der Waals surface area contributed by atoms with Crippen LogP contribution in [0.3, 0.4) is 0 Å². The van der Waals surface area contributed by atoms with Crippen LogP contribution in [-0.4, -0.2) is 86.8 Å². The summed E-state index contributed by atoms with van der Waals surface area (Å²) in [6, 6.07) is 12.9. The summed E-state index contributed by atoms with van der Waals surface area (Å²) in [4.78, 5) is 19.1. The zero-order valence-corrected chi connectivity index (χ0v) is 38.7. The normalized spacial score (nSPS) is 17.7. The Hall–Kier alpha value is -3.55. The van der Waals surface area contributed by atoms with Gasteiger partial charge in [-0.1, -0.05) is 143 Å². The fourth-order valence-electron chi connectivity index (χ4n) is 6.54. The zero-order valence-electron chi connectivity index (χ0n) is 38.7. The third kappa shape index (κ3) is 18.2. The standard InChI is InChI=1S/C27H36N4O2.C13H22.C4H10.C3H8O.C2H6.2CH4/c1-5-21-18-30(15-16-31(21)27(32)28-6-2)19-22-17-23(13-14-29(22)4)33-26-12-11-20(3)24-9-7-8-10-25(24)26;1-9-7-12(13(4,5)6)8-10(2)11(9)3;2*1-3-4-2;1-2;;/h7-13,17,21H,5-6,14-16,18-19H2,1-4H3,(H,28,32);7,10H,8H2,1-6H3;3-4H2,1-2H3;3H2,1-2H3;1-2H3;2*1H4. The number of nitrogens with zero attached hydrogens (tertiary/aromatic N) is 3. The lowest BCUT2D eigenvalue weighted by molar-refractivity contribution is 0.0938. The van der Waals surface area contributed by atoms with Crippen LogP contribution in [0.15, 0.2) is 82.8 Å². The number of carbonyl (C=O) groups excluding carboxylic acids is 1. The van der Waals surface area contributed by atoms with Gasteiger partial charge in [-0.05, 0) is 81.9 Å². The lowest BCUT2D eigenvalue weighted by Gasteiger charge is -2.42. The Bertz CT molecular complexity index is 1570. The molecule has 2 atom stereocenters. The molecule has 1 saturated heterocycles. The molecule has 2 amide bonds. The monoisotopic (exact) mass is 807 g/mol. The van der Waals surface area contributed by atoms with Crippen LogP contribution in [0.25, 0.3) is 10.8 Å². The molecule has 0 saturated carbocycles. The van der Waals surface area contributed by atoms with Crippen molar-refractivity contribution in [2.24, 2.45) is 11.3 Å². The minimum Gasteiger partial charge on any atom is -0.457 e. The van der Waals surface area contributed by atoms with E-state index in [0.717, 1.165) is 68.6 Å². The van der Waals surface area contributed by atoms with Crippen molar-refractivity contribution in [1.29, 1.82) is 0 Å². The number of nitrogens with one attached hydrogen (secondary N) is 1. The quantitative estimate of drug-likeness (QED) is 0.288.